The lowest BCUT2D eigenvalue weighted by Crippen LogP contribution is -2.20. The number of halogens is 2. The summed E-state index contributed by atoms with van der Waals surface area (Å²) in [5, 5.41) is 11.6. The Morgan fingerprint density at radius 2 is 1.89 bits per heavy atom. The van der Waals surface area contributed by atoms with Crippen LogP contribution >= 0.6 is 23.2 Å². The van der Waals surface area contributed by atoms with Crippen molar-refractivity contribution in [3.8, 4) is 0 Å². The first-order chi connectivity index (χ1) is 8.61. The van der Waals surface area contributed by atoms with Crippen molar-refractivity contribution in [3.05, 3.63) is 33.8 Å². The van der Waals surface area contributed by atoms with Crippen LogP contribution in [-0.2, 0) is 0 Å². The molecule has 100 valence electrons. The number of hydrogen-bond donors (Lipinski definition) is 1. The third-order valence-electron chi connectivity index (χ3n) is 4.20. The highest BCUT2D eigenvalue weighted by Crippen LogP contribution is 2.40. The van der Waals surface area contributed by atoms with E-state index in [1.165, 1.54) is 19.3 Å². The number of aliphatic hydroxyl groups excluding tert-OH is 1. The molecule has 1 N–H and O–H groups in total. The minimum absolute atomic E-state index is 0.339. The van der Waals surface area contributed by atoms with Crippen molar-refractivity contribution < 1.29 is 5.11 Å². The number of aliphatic hydroxyl groups is 1. The third kappa shape index (κ3) is 3.20. The van der Waals surface area contributed by atoms with Gasteiger partial charge in [-0.2, -0.15) is 0 Å². The maximum atomic E-state index is 10.4. The molecule has 0 aromatic heterocycles. The van der Waals surface area contributed by atoms with Crippen LogP contribution in [0.15, 0.2) is 18.2 Å². The van der Waals surface area contributed by atoms with Gasteiger partial charge >= 0.3 is 0 Å². The molecule has 1 fully saturated rings. The lowest BCUT2D eigenvalue weighted by molar-refractivity contribution is 0.0730. The monoisotopic (exact) mass is 286 g/mol. The molecule has 0 bridgehead atoms. The predicted molar refractivity (Wildman–Crippen MR) is 77.2 cm³/mol. The number of benzene rings is 1. The average Bonchev–Trinajstić information content (AvgIpc) is 2.38. The Bertz CT molecular complexity index is 397. The van der Waals surface area contributed by atoms with Crippen molar-refractivity contribution in [2.24, 2.45) is 11.8 Å². The Hall–Kier alpha value is -0.240. The summed E-state index contributed by atoms with van der Waals surface area (Å²) in [6.07, 6.45) is 5.45. The fourth-order valence-corrected chi connectivity index (χ4v) is 3.43. The highest BCUT2D eigenvalue weighted by atomic mass is 35.5. The Kier molecular flexibility index (Phi) is 4.94. The van der Waals surface area contributed by atoms with E-state index < -0.39 is 6.10 Å². The second-order valence-corrected chi connectivity index (χ2v) is 6.14. The summed E-state index contributed by atoms with van der Waals surface area (Å²) < 4.78 is 0. The average molecular weight is 287 g/mol. The first kappa shape index (κ1) is 14.2. The number of rotatable bonds is 3. The molecular weight excluding hydrogens is 267 g/mol. The van der Waals surface area contributed by atoms with E-state index in [-0.39, 0.29) is 0 Å². The molecule has 0 spiro atoms. The Morgan fingerprint density at radius 1 is 1.22 bits per heavy atom. The largest absolute Gasteiger partial charge is 0.388 e. The maximum Gasteiger partial charge on any atom is 0.0832 e. The second-order valence-electron chi connectivity index (χ2n) is 5.30. The summed E-state index contributed by atoms with van der Waals surface area (Å²) in [4.78, 5) is 0. The second kappa shape index (κ2) is 6.27. The van der Waals surface area contributed by atoms with E-state index in [1.54, 1.807) is 12.1 Å². The predicted octanol–water partition coefficient (Wildman–Crippen LogP) is 5.24. The van der Waals surface area contributed by atoms with Crippen molar-refractivity contribution in [1.82, 2.24) is 0 Å². The molecule has 18 heavy (non-hydrogen) atoms. The molecule has 1 aromatic carbocycles. The zero-order chi connectivity index (χ0) is 13.1. The molecular formula is C15H20Cl2O. The van der Waals surface area contributed by atoms with Crippen molar-refractivity contribution in [2.45, 2.75) is 45.1 Å². The molecule has 1 saturated carbocycles. The highest BCUT2D eigenvalue weighted by molar-refractivity contribution is 6.35. The van der Waals surface area contributed by atoms with Crippen LogP contribution in [0.25, 0.3) is 0 Å². The van der Waals surface area contributed by atoms with Gasteiger partial charge in [-0.25, -0.2) is 0 Å². The fraction of sp³-hybridized carbons (Fsp3) is 0.600. The van der Waals surface area contributed by atoms with E-state index in [0.717, 1.165) is 24.3 Å². The van der Waals surface area contributed by atoms with Gasteiger partial charge in [-0.15, -0.1) is 0 Å². The first-order valence-electron chi connectivity index (χ1n) is 6.74. The minimum Gasteiger partial charge on any atom is -0.388 e. The molecule has 3 heteroatoms. The highest BCUT2D eigenvalue weighted by Gasteiger charge is 2.27. The topological polar surface area (TPSA) is 20.2 Å². The smallest absolute Gasteiger partial charge is 0.0832 e. The zero-order valence-corrected chi connectivity index (χ0v) is 12.2. The Balaban J connectivity index is 2.05. The molecule has 2 rings (SSSR count). The molecule has 1 nitrogen and oxygen atoms in total. The molecule has 1 unspecified atom stereocenters. The van der Waals surface area contributed by atoms with E-state index in [9.17, 15) is 5.11 Å². The summed E-state index contributed by atoms with van der Waals surface area (Å²) in [6, 6.07) is 5.35. The molecule has 1 atom stereocenters. The van der Waals surface area contributed by atoms with Gasteiger partial charge in [-0.3, -0.25) is 0 Å². The lowest BCUT2D eigenvalue weighted by Gasteiger charge is -2.31. The first-order valence-corrected chi connectivity index (χ1v) is 7.50. The molecule has 0 heterocycles. The fourth-order valence-electron chi connectivity index (χ4n) is 2.91. The van der Waals surface area contributed by atoms with E-state index >= 15 is 0 Å². The molecule has 1 aromatic rings. The number of hydrogen-bond acceptors (Lipinski definition) is 1. The van der Waals surface area contributed by atoms with E-state index in [1.807, 2.05) is 6.07 Å². The van der Waals surface area contributed by atoms with Gasteiger partial charge in [0, 0.05) is 10.0 Å². The van der Waals surface area contributed by atoms with Gasteiger partial charge in [0.1, 0.15) is 0 Å². The summed E-state index contributed by atoms with van der Waals surface area (Å²) in [5.41, 5.74) is 0.820. The molecule has 1 aliphatic rings. The SMILES string of the molecule is CCC1CCC(C(O)c2ccc(Cl)cc2Cl)CC1. The summed E-state index contributed by atoms with van der Waals surface area (Å²) in [6.45, 7) is 2.25. The molecule has 0 aliphatic heterocycles. The van der Waals surface area contributed by atoms with Gasteiger partial charge in [0.25, 0.3) is 0 Å². The van der Waals surface area contributed by atoms with Gasteiger partial charge in [0.2, 0.25) is 0 Å². The van der Waals surface area contributed by atoms with Gasteiger partial charge < -0.3 is 5.11 Å². The molecule has 0 radical (unpaired) electrons. The van der Waals surface area contributed by atoms with Crippen molar-refractivity contribution in [1.29, 1.82) is 0 Å². The van der Waals surface area contributed by atoms with Crippen LogP contribution in [0, 0.1) is 11.8 Å². The standard InChI is InChI=1S/C15H20Cl2O/c1-2-10-3-5-11(6-4-10)15(18)13-8-7-12(16)9-14(13)17/h7-11,15,18H,2-6H2,1H3. The van der Waals surface area contributed by atoms with Crippen LogP contribution in [0.1, 0.15) is 50.7 Å². The van der Waals surface area contributed by atoms with Gasteiger partial charge in [-0.05, 0) is 42.4 Å². The summed E-state index contributed by atoms with van der Waals surface area (Å²) >= 11 is 12.0. The zero-order valence-electron chi connectivity index (χ0n) is 10.7. The van der Waals surface area contributed by atoms with Crippen LogP contribution in [0.2, 0.25) is 10.0 Å². The lowest BCUT2D eigenvalue weighted by atomic mass is 9.77. The van der Waals surface area contributed by atoms with Gasteiger partial charge in [0.05, 0.1) is 6.10 Å². The molecule has 1 aliphatic carbocycles. The van der Waals surface area contributed by atoms with E-state index in [4.69, 9.17) is 23.2 Å². The molecule has 0 amide bonds. The van der Waals surface area contributed by atoms with Gasteiger partial charge in [-0.1, -0.05) is 55.5 Å². The third-order valence-corrected chi connectivity index (χ3v) is 4.76. The molecule has 0 saturated heterocycles. The maximum absolute atomic E-state index is 10.4. The van der Waals surface area contributed by atoms with Crippen molar-refractivity contribution in [3.63, 3.8) is 0 Å². The van der Waals surface area contributed by atoms with Crippen LogP contribution < -0.4 is 0 Å². The van der Waals surface area contributed by atoms with Crippen molar-refractivity contribution >= 4 is 23.2 Å². The van der Waals surface area contributed by atoms with E-state index in [2.05, 4.69) is 6.92 Å². The Morgan fingerprint density at radius 3 is 2.44 bits per heavy atom. The minimum atomic E-state index is -0.451. The van der Waals surface area contributed by atoms with Gasteiger partial charge in [0.15, 0.2) is 0 Å². The quantitative estimate of drug-likeness (QED) is 0.805. The summed E-state index contributed by atoms with van der Waals surface area (Å²) in [5.74, 6) is 1.18. The van der Waals surface area contributed by atoms with Crippen LogP contribution in [0.5, 0.6) is 0 Å². The normalized spacial score (nSPS) is 26.0. The summed E-state index contributed by atoms with van der Waals surface area (Å²) in [7, 11) is 0. The van der Waals surface area contributed by atoms with Crippen LogP contribution in [-0.4, -0.2) is 5.11 Å². The van der Waals surface area contributed by atoms with Crippen molar-refractivity contribution in [2.75, 3.05) is 0 Å². The van der Waals surface area contributed by atoms with Crippen LogP contribution in [0.4, 0.5) is 0 Å². The van der Waals surface area contributed by atoms with E-state index in [0.29, 0.717) is 16.0 Å². The Labute approximate surface area is 119 Å². The van der Waals surface area contributed by atoms with Crippen LogP contribution in [0.3, 0.4) is 0 Å².